The van der Waals surface area contributed by atoms with E-state index in [-0.39, 0.29) is 42.2 Å². The molecular weight excluding hydrogens is 452 g/mol. The molecule has 1 aromatic heterocycles. The summed E-state index contributed by atoms with van der Waals surface area (Å²) in [6, 6.07) is 6.16. The van der Waals surface area contributed by atoms with Gasteiger partial charge in [-0.15, -0.1) is 0 Å². The van der Waals surface area contributed by atoms with Crippen LogP contribution in [0.5, 0.6) is 5.75 Å². The number of nitrogens with one attached hydrogen (secondary N) is 1. The largest absolute Gasteiger partial charge is 0.491 e. The Bertz CT molecular complexity index is 1070. The van der Waals surface area contributed by atoms with Gasteiger partial charge in [0.25, 0.3) is 11.8 Å². The first-order valence-electron chi connectivity index (χ1n) is 11.7. The molecule has 2 aromatic rings. The number of carbonyl (C=O) groups excluding carboxylic acids is 3. The number of methoxy groups -OCH3 is 1. The van der Waals surface area contributed by atoms with Crippen molar-refractivity contribution in [1.82, 2.24) is 15.0 Å². The van der Waals surface area contributed by atoms with Gasteiger partial charge in [0.15, 0.2) is 5.69 Å². The van der Waals surface area contributed by atoms with Crippen LogP contribution in [0.4, 0.5) is 5.69 Å². The molecule has 0 saturated carbocycles. The van der Waals surface area contributed by atoms with Crippen molar-refractivity contribution in [3.63, 3.8) is 0 Å². The van der Waals surface area contributed by atoms with E-state index in [4.69, 9.17) is 14.0 Å². The molecule has 3 amide bonds. The van der Waals surface area contributed by atoms with Crippen molar-refractivity contribution in [1.29, 1.82) is 0 Å². The van der Waals surface area contributed by atoms with E-state index in [2.05, 4.69) is 10.5 Å². The van der Waals surface area contributed by atoms with Crippen LogP contribution in [0.15, 0.2) is 28.8 Å². The summed E-state index contributed by atoms with van der Waals surface area (Å²) in [7, 11) is 3.32. The van der Waals surface area contributed by atoms with Gasteiger partial charge in [0.05, 0.1) is 17.7 Å². The maximum atomic E-state index is 13.3. The number of nitrogens with zero attached hydrogens (tertiary/aromatic N) is 3. The highest BCUT2D eigenvalue weighted by atomic mass is 16.5. The molecule has 0 bridgehead atoms. The molecule has 190 valence electrons. The molecule has 1 aromatic carbocycles. The van der Waals surface area contributed by atoms with E-state index < -0.39 is 5.91 Å². The number of hydrogen-bond acceptors (Lipinski definition) is 7. The number of benzene rings is 1. The molecule has 10 heteroatoms. The van der Waals surface area contributed by atoms with E-state index in [1.54, 1.807) is 49.1 Å². The predicted molar refractivity (Wildman–Crippen MR) is 130 cm³/mol. The van der Waals surface area contributed by atoms with Crippen molar-refractivity contribution in [3.8, 4) is 5.75 Å². The van der Waals surface area contributed by atoms with E-state index in [0.717, 1.165) is 0 Å². The molecule has 2 heterocycles. The summed E-state index contributed by atoms with van der Waals surface area (Å²) in [5.41, 5.74) is 0.940. The lowest BCUT2D eigenvalue weighted by Gasteiger charge is -2.36. The fourth-order valence-corrected chi connectivity index (χ4v) is 4.07. The maximum absolute atomic E-state index is 13.3. The van der Waals surface area contributed by atoms with Crippen LogP contribution in [0, 0.1) is 12.8 Å². The number of amides is 3. The number of carbonyl (C=O) groups is 3. The van der Waals surface area contributed by atoms with E-state index in [1.165, 1.54) is 6.07 Å². The van der Waals surface area contributed by atoms with E-state index in [9.17, 15) is 14.4 Å². The number of aromatic nitrogens is 1. The number of likely N-dealkylation sites (N-methyl/N-ethyl adjacent to an activating group) is 1. The van der Waals surface area contributed by atoms with Crippen molar-refractivity contribution in [2.45, 2.75) is 46.3 Å². The van der Waals surface area contributed by atoms with Crippen molar-refractivity contribution in [2.24, 2.45) is 5.92 Å². The summed E-state index contributed by atoms with van der Waals surface area (Å²) in [5, 5.41) is 6.48. The second kappa shape index (κ2) is 11.4. The van der Waals surface area contributed by atoms with Gasteiger partial charge in [-0.2, -0.15) is 0 Å². The second-order valence-electron chi connectivity index (χ2n) is 8.98. The molecule has 0 fully saturated rings. The number of ether oxygens (including phenoxy) is 2. The molecule has 1 aliphatic rings. The molecule has 0 radical (unpaired) electrons. The zero-order chi connectivity index (χ0) is 25.7. The first-order valence-corrected chi connectivity index (χ1v) is 11.7. The Hall–Kier alpha value is -3.40. The minimum absolute atomic E-state index is 0.00449. The van der Waals surface area contributed by atoms with Crippen LogP contribution >= 0.6 is 0 Å². The highest BCUT2D eigenvalue weighted by molar-refractivity contribution is 6.03. The lowest BCUT2D eigenvalue weighted by atomic mass is 10.0. The summed E-state index contributed by atoms with van der Waals surface area (Å²) in [5.74, 6) is 0.193. The Labute approximate surface area is 205 Å². The molecule has 0 spiro atoms. The van der Waals surface area contributed by atoms with Crippen molar-refractivity contribution in [2.75, 3.05) is 39.2 Å². The third-order valence-corrected chi connectivity index (χ3v) is 6.19. The van der Waals surface area contributed by atoms with Gasteiger partial charge >= 0.3 is 0 Å². The Balaban J connectivity index is 1.94. The summed E-state index contributed by atoms with van der Waals surface area (Å²) >= 11 is 0. The van der Waals surface area contributed by atoms with E-state index in [0.29, 0.717) is 42.3 Å². The normalized spacial score (nSPS) is 21.4. The Morgan fingerprint density at radius 2 is 1.97 bits per heavy atom. The highest BCUT2D eigenvalue weighted by Crippen LogP contribution is 2.27. The number of rotatable bonds is 4. The van der Waals surface area contributed by atoms with Crippen LogP contribution in [0.3, 0.4) is 0 Å². The zero-order valence-electron chi connectivity index (χ0n) is 21.2. The Kier molecular flexibility index (Phi) is 8.50. The number of aryl methyl sites for hydroxylation is 1. The number of anilines is 1. The molecular formula is C25H34N4O6. The lowest BCUT2D eigenvalue weighted by molar-refractivity contribution is -0.135. The monoisotopic (exact) mass is 486 g/mol. The third-order valence-electron chi connectivity index (χ3n) is 6.19. The van der Waals surface area contributed by atoms with Crippen molar-refractivity contribution >= 4 is 23.4 Å². The molecule has 35 heavy (non-hydrogen) atoms. The number of hydrogen-bond donors (Lipinski definition) is 1. The summed E-state index contributed by atoms with van der Waals surface area (Å²) in [6.45, 7) is 8.48. The first kappa shape index (κ1) is 26.2. The maximum Gasteiger partial charge on any atom is 0.277 e. The van der Waals surface area contributed by atoms with Crippen LogP contribution in [0.1, 0.15) is 53.8 Å². The van der Waals surface area contributed by atoms with Gasteiger partial charge in [0, 0.05) is 57.4 Å². The van der Waals surface area contributed by atoms with Gasteiger partial charge in [0.2, 0.25) is 5.91 Å². The standard InChI is InChI=1S/C25H34N4O6/c1-7-23(30)29-12-15(2)22(33-6)13-28(5)25(32)19-9-8-18(11-21(19)34-14-16(29)3)26-24(31)20-10-17(4)35-27-20/h8-11,15-16,22H,7,12-14H2,1-6H3,(H,26,31)/t15-,16+,22-/m0/s1. The number of fused-ring (bicyclic) bond motifs is 1. The average molecular weight is 487 g/mol. The Morgan fingerprint density at radius 3 is 2.60 bits per heavy atom. The average Bonchev–Trinajstić information content (AvgIpc) is 3.29. The van der Waals surface area contributed by atoms with Gasteiger partial charge < -0.3 is 29.1 Å². The molecule has 1 N–H and O–H groups in total. The van der Waals surface area contributed by atoms with Crippen LogP contribution in [0.25, 0.3) is 0 Å². The third kappa shape index (κ3) is 6.19. The van der Waals surface area contributed by atoms with E-state index >= 15 is 0 Å². The topological polar surface area (TPSA) is 114 Å². The van der Waals surface area contributed by atoms with Gasteiger partial charge in [-0.05, 0) is 26.0 Å². The molecule has 0 unspecified atom stereocenters. The summed E-state index contributed by atoms with van der Waals surface area (Å²) in [6.07, 6.45) is 0.123. The zero-order valence-corrected chi connectivity index (χ0v) is 21.2. The highest BCUT2D eigenvalue weighted by Gasteiger charge is 2.30. The van der Waals surface area contributed by atoms with Crippen molar-refractivity contribution < 1.29 is 28.4 Å². The molecule has 0 saturated heterocycles. The smallest absolute Gasteiger partial charge is 0.277 e. The quantitative estimate of drug-likeness (QED) is 0.707. The summed E-state index contributed by atoms with van der Waals surface area (Å²) in [4.78, 5) is 41.9. The van der Waals surface area contributed by atoms with Gasteiger partial charge in [-0.3, -0.25) is 14.4 Å². The van der Waals surface area contributed by atoms with Crippen LogP contribution < -0.4 is 10.1 Å². The van der Waals surface area contributed by atoms with Gasteiger partial charge in [-0.1, -0.05) is 19.0 Å². The minimum atomic E-state index is -0.441. The predicted octanol–water partition coefficient (Wildman–Crippen LogP) is 2.98. The van der Waals surface area contributed by atoms with E-state index in [1.807, 2.05) is 20.8 Å². The van der Waals surface area contributed by atoms with Crippen LogP contribution in [-0.2, 0) is 9.53 Å². The molecule has 3 rings (SSSR count). The molecule has 0 aliphatic carbocycles. The SMILES string of the molecule is CCC(=O)N1C[C@H](C)[C@@H](OC)CN(C)C(=O)c2ccc(NC(=O)c3cc(C)on3)cc2OC[C@H]1C. The second-order valence-corrected chi connectivity index (χ2v) is 8.98. The molecule has 1 aliphatic heterocycles. The fourth-order valence-electron chi connectivity index (χ4n) is 4.07. The molecule has 3 atom stereocenters. The minimum Gasteiger partial charge on any atom is -0.491 e. The van der Waals surface area contributed by atoms with Crippen molar-refractivity contribution in [3.05, 3.63) is 41.3 Å². The van der Waals surface area contributed by atoms with Crippen LogP contribution in [-0.4, -0.2) is 78.7 Å². The first-order chi connectivity index (χ1) is 16.6. The Morgan fingerprint density at radius 1 is 1.23 bits per heavy atom. The fraction of sp³-hybridized carbons (Fsp3) is 0.520. The lowest BCUT2D eigenvalue weighted by Crippen LogP contribution is -2.48. The van der Waals surface area contributed by atoms with Crippen LogP contribution in [0.2, 0.25) is 0 Å². The van der Waals surface area contributed by atoms with Gasteiger partial charge in [-0.25, -0.2) is 0 Å². The van der Waals surface area contributed by atoms with Gasteiger partial charge in [0.1, 0.15) is 18.1 Å². The summed E-state index contributed by atoms with van der Waals surface area (Å²) < 4.78 is 16.7. The molecule has 10 nitrogen and oxygen atoms in total.